The lowest BCUT2D eigenvalue weighted by Gasteiger charge is -2.01. The molecular weight excluding hydrogens is 212 g/mol. The molecule has 4 nitrogen and oxygen atoms in total. The van der Waals surface area contributed by atoms with Crippen molar-refractivity contribution in [3.8, 4) is 10.4 Å². The summed E-state index contributed by atoms with van der Waals surface area (Å²) in [7, 11) is 0. The van der Waals surface area contributed by atoms with Crippen molar-refractivity contribution in [1.82, 2.24) is 4.98 Å². The standard InChI is InChI=1S/C10H6N2O2S/c13-10(12-14)8-4-2-1-3-7(8)9-5-11-6-15-9/h1-6H. The van der Waals surface area contributed by atoms with Gasteiger partial charge in [-0.25, -0.2) is 0 Å². The molecule has 5 heteroatoms. The van der Waals surface area contributed by atoms with Crippen LogP contribution in [0.3, 0.4) is 0 Å². The number of carbonyl (C=O) groups excluding carboxylic acids is 1. The Balaban J connectivity index is 2.57. The van der Waals surface area contributed by atoms with Gasteiger partial charge in [0.2, 0.25) is 0 Å². The van der Waals surface area contributed by atoms with E-state index in [1.807, 2.05) is 0 Å². The molecule has 1 aromatic heterocycles. The molecule has 0 aliphatic rings. The summed E-state index contributed by atoms with van der Waals surface area (Å²) >= 11 is 1.41. The van der Waals surface area contributed by atoms with E-state index < -0.39 is 5.91 Å². The van der Waals surface area contributed by atoms with Crippen LogP contribution in [0.4, 0.5) is 0 Å². The van der Waals surface area contributed by atoms with Gasteiger partial charge in [-0.15, -0.1) is 16.2 Å². The van der Waals surface area contributed by atoms with Crippen molar-refractivity contribution in [2.45, 2.75) is 0 Å². The SMILES string of the molecule is O=NC(=O)c1ccccc1-c1cncs1. The van der Waals surface area contributed by atoms with Gasteiger partial charge >= 0.3 is 5.91 Å². The van der Waals surface area contributed by atoms with Gasteiger partial charge < -0.3 is 0 Å². The highest BCUT2D eigenvalue weighted by molar-refractivity contribution is 7.13. The Labute approximate surface area is 89.6 Å². The Kier molecular flexibility index (Phi) is 2.64. The van der Waals surface area contributed by atoms with E-state index in [1.165, 1.54) is 11.3 Å². The molecule has 0 unspecified atom stereocenters. The van der Waals surface area contributed by atoms with Crippen LogP contribution in [-0.4, -0.2) is 10.9 Å². The van der Waals surface area contributed by atoms with Crippen molar-refractivity contribution in [3.63, 3.8) is 0 Å². The second-order valence-electron chi connectivity index (χ2n) is 2.81. The van der Waals surface area contributed by atoms with E-state index in [0.29, 0.717) is 11.1 Å². The lowest BCUT2D eigenvalue weighted by atomic mass is 10.1. The zero-order chi connectivity index (χ0) is 10.7. The van der Waals surface area contributed by atoms with E-state index in [4.69, 9.17) is 0 Å². The van der Waals surface area contributed by atoms with Crippen LogP contribution in [0.25, 0.3) is 10.4 Å². The van der Waals surface area contributed by atoms with Crippen LogP contribution in [0, 0.1) is 4.91 Å². The van der Waals surface area contributed by atoms with Crippen molar-refractivity contribution in [2.75, 3.05) is 0 Å². The summed E-state index contributed by atoms with van der Waals surface area (Å²) in [5.41, 5.74) is 2.69. The fourth-order valence-corrected chi connectivity index (χ4v) is 1.94. The molecule has 0 radical (unpaired) electrons. The summed E-state index contributed by atoms with van der Waals surface area (Å²) in [5, 5.41) is 2.42. The first-order valence-corrected chi connectivity index (χ1v) is 5.06. The third-order valence-electron chi connectivity index (χ3n) is 1.94. The minimum atomic E-state index is -0.751. The number of nitrogens with zero attached hydrogens (tertiary/aromatic N) is 2. The summed E-state index contributed by atoms with van der Waals surface area (Å²) in [6.07, 6.45) is 1.65. The molecular formula is C10H6N2O2S. The fraction of sp³-hybridized carbons (Fsp3) is 0. The molecule has 0 N–H and O–H groups in total. The average molecular weight is 218 g/mol. The van der Waals surface area contributed by atoms with E-state index >= 15 is 0 Å². The van der Waals surface area contributed by atoms with Crippen LogP contribution in [-0.2, 0) is 0 Å². The molecule has 0 saturated carbocycles. The molecule has 0 spiro atoms. The van der Waals surface area contributed by atoms with Crippen LogP contribution in [0.15, 0.2) is 41.1 Å². The van der Waals surface area contributed by atoms with E-state index in [2.05, 4.69) is 10.2 Å². The summed E-state index contributed by atoms with van der Waals surface area (Å²) in [6.45, 7) is 0. The zero-order valence-corrected chi connectivity index (χ0v) is 8.40. The van der Waals surface area contributed by atoms with Gasteiger partial charge in [-0.1, -0.05) is 18.2 Å². The molecule has 0 bridgehead atoms. The Morgan fingerprint density at radius 3 is 2.80 bits per heavy atom. The van der Waals surface area contributed by atoms with Crippen molar-refractivity contribution < 1.29 is 4.79 Å². The lowest BCUT2D eigenvalue weighted by Crippen LogP contribution is -1.95. The molecule has 2 aromatic rings. The Bertz CT molecular complexity index is 494. The highest BCUT2D eigenvalue weighted by Crippen LogP contribution is 2.27. The highest BCUT2D eigenvalue weighted by atomic mass is 32.1. The molecule has 1 heterocycles. The van der Waals surface area contributed by atoms with Crippen molar-refractivity contribution in [3.05, 3.63) is 46.4 Å². The quantitative estimate of drug-likeness (QED) is 0.728. The van der Waals surface area contributed by atoms with Gasteiger partial charge in [0.15, 0.2) is 0 Å². The van der Waals surface area contributed by atoms with Crippen molar-refractivity contribution in [2.24, 2.45) is 5.18 Å². The van der Waals surface area contributed by atoms with Gasteiger partial charge in [-0.3, -0.25) is 9.78 Å². The van der Waals surface area contributed by atoms with Crippen LogP contribution in [0.1, 0.15) is 10.4 Å². The number of amides is 1. The second-order valence-corrected chi connectivity index (χ2v) is 3.69. The normalized spacial score (nSPS) is 9.87. The maximum Gasteiger partial charge on any atom is 0.317 e. The van der Waals surface area contributed by atoms with Gasteiger partial charge in [0.1, 0.15) is 0 Å². The molecule has 74 valence electrons. The second kappa shape index (κ2) is 4.10. The number of hydrogen-bond donors (Lipinski definition) is 0. The number of hydrogen-bond acceptors (Lipinski definition) is 4. The van der Waals surface area contributed by atoms with Gasteiger partial charge in [0.25, 0.3) is 0 Å². The van der Waals surface area contributed by atoms with E-state index in [0.717, 1.165) is 4.88 Å². The summed E-state index contributed by atoms with van der Waals surface area (Å²) in [4.78, 5) is 26.2. The fourth-order valence-electron chi connectivity index (χ4n) is 1.28. The topological polar surface area (TPSA) is 59.4 Å². The molecule has 2 rings (SSSR count). The van der Waals surface area contributed by atoms with Crippen molar-refractivity contribution >= 4 is 17.2 Å². The van der Waals surface area contributed by atoms with Gasteiger partial charge in [0, 0.05) is 16.9 Å². The Hall–Kier alpha value is -1.88. The predicted molar refractivity (Wildman–Crippen MR) is 57.7 cm³/mol. The van der Waals surface area contributed by atoms with Crippen molar-refractivity contribution in [1.29, 1.82) is 0 Å². The van der Waals surface area contributed by atoms with Crippen LogP contribution in [0.2, 0.25) is 0 Å². The summed E-state index contributed by atoms with van der Waals surface area (Å²) < 4.78 is 0. The van der Waals surface area contributed by atoms with Gasteiger partial charge in [-0.2, -0.15) is 0 Å². The maximum absolute atomic E-state index is 11.2. The smallest absolute Gasteiger partial charge is 0.263 e. The number of thiazole rings is 1. The minimum absolute atomic E-state index is 0.316. The number of carbonyl (C=O) groups is 1. The van der Waals surface area contributed by atoms with Crippen LogP contribution in [0.5, 0.6) is 0 Å². The molecule has 0 fully saturated rings. The molecule has 1 aromatic carbocycles. The number of benzene rings is 1. The molecule has 0 atom stereocenters. The van der Waals surface area contributed by atoms with E-state index in [9.17, 15) is 9.70 Å². The molecule has 1 amide bonds. The van der Waals surface area contributed by atoms with Crippen LogP contribution >= 0.6 is 11.3 Å². The highest BCUT2D eigenvalue weighted by Gasteiger charge is 2.13. The largest absolute Gasteiger partial charge is 0.317 e. The molecule has 0 aliphatic carbocycles. The Morgan fingerprint density at radius 1 is 1.33 bits per heavy atom. The average Bonchev–Trinajstić information content (AvgIpc) is 2.81. The van der Waals surface area contributed by atoms with E-state index in [-0.39, 0.29) is 0 Å². The maximum atomic E-state index is 11.2. The Morgan fingerprint density at radius 2 is 2.13 bits per heavy atom. The molecule has 15 heavy (non-hydrogen) atoms. The first kappa shape index (κ1) is 9.67. The number of aromatic nitrogens is 1. The van der Waals surface area contributed by atoms with Crippen LogP contribution < -0.4 is 0 Å². The lowest BCUT2D eigenvalue weighted by molar-refractivity contribution is 0.100. The molecule has 0 saturated heterocycles. The zero-order valence-electron chi connectivity index (χ0n) is 7.58. The van der Waals surface area contributed by atoms with Gasteiger partial charge in [0.05, 0.1) is 16.0 Å². The predicted octanol–water partition coefficient (Wildman–Crippen LogP) is 2.72. The van der Waals surface area contributed by atoms with Gasteiger partial charge in [-0.05, 0) is 6.07 Å². The monoisotopic (exact) mass is 218 g/mol. The third-order valence-corrected chi connectivity index (χ3v) is 2.74. The molecule has 0 aliphatic heterocycles. The number of rotatable bonds is 2. The third kappa shape index (κ3) is 1.82. The first-order valence-electron chi connectivity index (χ1n) is 4.18. The first-order chi connectivity index (χ1) is 7.33. The van der Waals surface area contributed by atoms with E-state index in [1.54, 1.807) is 36.0 Å². The summed E-state index contributed by atoms with van der Waals surface area (Å²) in [5.74, 6) is -0.751. The minimum Gasteiger partial charge on any atom is -0.263 e. The number of nitroso groups, excluding NO2 is 1. The summed E-state index contributed by atoms with van der Waals surface area (Å²) in [6, 6.07) is 6.85.